The summed E-state index contributed by atoms with van der Waals surface area (Å²) >= 11 is 0. The second kappa shape index (κ2) is 17.7. The average Bonchev–Trinajstić information content (AvgIpc) is 2.82. The number of esters is 1. The van der Waals surface area contributed by atoms with Crippen molar-refractivity contribution < 1.29 is 59.6 Å². The van der Waals surface area contributed by atoms with Crippen LogP contribution in [0.1, 0.15) is 6.42 Å². The number of carbonyl (C=O) groups is 1. The van der Waals surface area contributed by atoms with Crippen molar-refractivity contribution in [1.82, 2.24) is 0 Å². The van der Waals surface area contributed by atoms with Crippen LogP contribution in [0.15, 0.2) is 0 Å². The van der Waals surface area contributed by atoms with E-state index >= 15 is 0 Å². The summed E-state index contributed by atoms with van der Waals surface area (Å²) in [5.41, 5.74) is 0. The molecule has 0 N–H and O–H groups in total. The van der Waals surface area contributed by atoms with Gasteiger partial charge in [-0.05, 0) is 19.6 Å². The summed E-state index contributed by atoms with van der Waals surface area (Å²) in [5, 5.41) is 0. The lowest BCUT2D eigenvalue weighted by Gasteiger charge is -2.16. The molecule has 0 spiro atoms. The third kappa shape index (κ3) is 13.6. The highest BCUT2D eigenvalue weighted by atomic mass is 28.4. The number of ether oxygens (including phenoxy) is 6. The standard InChI is InChI=1S/C22H33F5O8Si/c1-36(2,3)34-15-14-33-13-12-32-11-10-31-9-8-30-7-6-29-5-4-16(28)35-22-20(26)18(24)17(23)19(25)21(22)27/h4-15H2,1-3H3. The van der Waals surface area contributed by atoms with E-state index in [1.807, 2.05) is 0 Å². The Balaban J connectivity index is 1.94. The maximum Gasteiger partial charge on any atom is 0.313 e. The molecule has 0 saturated carbocycles. The lowest BCUT2D eigenvalue weighted by molar-refractivity contribution is -0.136. The van der Waals surface area contributed by atoms with Gasteiger partial charge in [-0.2, -0.15) is 8.78 Å². The molecule has 1 aromatic rings. The highest BCUT2D eigenvalue weighted by molar-refractivity contribution is 6.69. The van der Waals surface area contributed by atoms with E-state index in [1.165, 1.54) is 0 Å². The van der Waals surface area contributed by atoms with Gasteiger partial charge in [-0.25, -0.2) is 13.2 Å². The van der Waals surface area contributed by atoms with Crippen molar-refractivity contribution >= 4 is 14.3 Å². The molecule has 14 heteroatoms. The van der Waals surface area contributed by atoms with Crippen LogP contribution in [0.3, 0.4) is 0 Å². The predicted octanol–water partition coefficient (Wildman–Crippen LogP) is 3.61. The van der Waals surface area contributed by atoms with Crippen molar-refractivity contribution in [2.45, 2.75) is 26.1 Å². The van der Waals surface area contributed by atoms with E-state index in [0.29, 0.717) is 52.9 Å². The van der Waals surface area contributed by atoms with Crippen molar-refractivity contribution in [2.24, 2.45) is 0 Å². The summed E-state index contributed by atoms with van der Waals surface area (Å²) < 4.78 is 102. The lowest BCUT2D eigenvalue weighted by Crippen LogP contribution is -2.27. The van der Waals surface area contributed by atoms with E-state index < -0.39 is 55.5 Å². The number of hydrogen-bond donors (Lipinski definition) is 0. The molecule has 0 saturated heterocycles. The minimum atomic E-state index is -2.34. The Morgan fingerprint density at radius 3 is 1.28 bits per heavy atom. The largest absolute Gasteiger partial charge is 0.420 e. The molecular formula is C22H33F5O8Si. The van der Waals surface area contributed by atoms with Crippen molar-refractivity contribution in [2.75, 3.05) is 72.7 Å². The molecule has 0 aliphatic carbocycles. The maximum absolute atomic E-state index is 13.5. The van der Waals surface area contributed by atoms with E-state index in [2.05, 4.69) is 24.4 Å². The van der Waals surface area contributed by atoms with Crippen molar-refractivity contribution in [1.29, 1.82) is 0 Å². The summed E-state index contributed by atoms with van der Waals surface area (Å²) in [6, 6.07) is 0. The van der Waals surface area contributed by atoms with Gasteiger partial charge < -0.3 is 32.8 Å². The Labute approximate surface area is 208 Å². The third-order valence-electron chi connectivity index (χ3n) is 4.09. The van der Waals surface area contributed by atoms with Crippen LogP contribution in [0.4, 0.5) is 22.0 Å². The Kier molecular flexibility index (Phi) is 15.9. The molecule has 0 heterocycles. The first-order chi connectivity index (χ1) is 17.0. The summed E-state index contributed by atoms with van der Waals surface area (Å²) in [4.78, 5) is 11.6. The zero-order valence-electron chi connectivity index (χ0n) is 20.6. The van der Waals surface area contributed by atoms with Crippen LogP contribution in [-0.2, 0) is 32.9 Å². The first kappa shape index (κ1) is 32.3. The first-order valence-electron chi connectivity index (χ1n) is 11.3. The number of hydrogen-bond acceptors (Lipinski definition) is 8. The van der Waals surface area contributed by atoms with Crippen LogP contribution in [0.5, 0.6) is 5.75 Å². The van der Waals surface area contributed by atoms with Crippen LogP contribution in [-0.4, -0.2) is 87.0 Å². The molecule has 0 amide bonds. The van der Waals surface area contributed by atoms with Crippen LogP contribution in [0.25, 0.3) is 0 Å². The monoisotopic (exact) mass is 548 g/mol. The Bertz CT molecular complexity index is 766. The Morgan fingerprint density at radius 2 is 0.889 bits per heavy atom. The highest BCUT2D eigenvalue weighted by Crippen LogP contribution is 2.29. The predicted molar refractivity (Wildman–Crippen MR) is 120 cm³/mol. The van der Waals surface area contributed by atoms with Gasteiger partial charge in [0.15, 0.2) is 8.32 Å². The molecule has 208 valence electrons. The maximum atomic E-state index is 13.5. The van der Waals surface area contributed by atoms with Gasteiger partial charge in [0.05, 0.1) is 79.1 Å². The highest BCUT2D eigenvalue weighted by Gasteiger charge is 2.28. The van der Waals surface area contributed by atoms with E-state index in [-0.39, 0.29) is 19.8 Å². The third-order valence-corrected chi connectivity index (χ3v) is 5.16. The molecule has 0 fully saturated rings. The van der Waals surface area contributed by atoms with Gasteiger partial charge in [0.25, 0.3) is 0 Å². The summed E-state index contributed by atoms with van der Waals surface area (Å²) in [6.45, 7) is 9.92. The normalized spacial score (nSPS) is 11.8. The van der Waals surface area contributed by atoms with Crippen molar-refractivity contribution in [3.05, 3.63) is 29.1 Å². The average molecular weight is 549 g/mol. The number of halogens is 5. The van der Waals surface area contributed by atoms with Gasteiger partial charge >= 0.3 is 5.97 Å². The van der Waals surface area contributed by atoms with Gasteiger partial charge in [0.1, 0.15) is 0 Å². The lowest BCUT2D eigenvalue weighted by atomic mass is 10.2. The van der Waals surface area contributed by atoms with Crippen LogP contribution in [0, 0.1) is 29.1 Å². The summed E-state index contributed by atoms with van der Waals surface area (Å²) in [6.07, 6.45) is -0.472. The second-order valence-corrected chi connectivity index (χ2v) is 12.7. The molecule has 1 aromatic carbocycles. The minimum Gasteiger partial charge on any atom is -0.420 e. The molecule has 0 unspecified atom stereocenters. The van der Waals surface area contributed by atoms with Crippen LogP contribution < -0.4 is 4.74 Å². The minimum absolute atomic E-state index is 0.0991. The molecule has 36 heavy (non-hydrogen) atoms. The van der Waals surface area contributed by atoms with E-state index in [1.54, 1.807) is 0 Å². The molecule has 0 radical (unpaired) electrons. The van der Waals surface area contributed by atoms with Crippen LogP contribution in [0.2, 0.25) is 19.6 Å². The van der Waals surface area contributed by atoms with Gasteiger partial charge in [-0.15, -0.1) is 0 Å². The second-order valence-electron chi connectivity index (χ2n) is 8.15. The number of rotatable bonds is 20. The fourth-order valence-electron chi connectivity index (χ4n) is 2.38. The molecule has 1 rings (SSSR count). The van der Waals surface area contributed by atoms with E-state index in [0.717, 1.165) is 0 Å². The summed E-state index contributed by atoms with van der Waals surface area (Å²) in [7, 11) is -1.50. The SMILES string of the molecule is C[Si](C)(C)OCCOCCOCCOCCOCCOCCC(=O)Oc1c(F)c(F)c(F)c(F)c1F. The van der Waals surface area contributed by atoms with Gasteiger partial charge in [0, 0.05) is 0 Å². The fraction of sp³-hybridized carbons (Fsp3) is 0.682. The topological polar surface area (TPSA) is 81.7 Å². The molecule has 0 aromatic heterocycles. The molecule has 0 atom stereocenters. The molecule has 0 bridgehead atoms. The number of carbonyl (C=O) groups excluding carboxylic acids is 1. The van der Waals surface area contributed by atoms with Crippen molar-refractivity contribution in [3.63, 3.8) is 0 Å². The molecule has 0 aliphatic rings. The zero-order chi connectivity index (χ0) is 27.0. The smallest absolute Gasteiger partial charge is 0.313 e. The van der Waals surface area contributed by atoms with E-state index in [4.69, 9.17) is 28.1 Å². The molecule has 0 aliphatic heterocycles. The summed E-state index contributed by atoms with van der Waals surface area (Å²) in [5.74, 6) is -14.1. The fourth-order valence-corrected chi connectivity index (χ4v) is 3.08. The molecule has 8 nitrogen and oxygen atoms in total. The molecular weight excluding hydrogens is 515 g/mol. The van der Waals surface area contributed by atoms with Gasteiger partial charge in [-0.3, -0.25) is 4.79 Å². The Morgan fingerprint density at radius 1 is 0.556 bits per heavy atom. The van der Waals surface area contributed by atoms with E-state index in [9.17, 15) is 26.7 Å². The number of benzene rings is 1. The van der Waals surface area contributed by atoms with Crippen molar-refractivity contribution in [3.8, 4) is 5.75 Å². The Hall–Kier alpha value is -1.68. The van der Waals surface area contributed by atoms with Gasteiger partial charge in [-0.1, -0.05) is 0 Å². The quantitative estimate of drug-likeness (QED) is 0.0465. The first-order valence-corrected chi connectivity index (χ1v) is 14.7. The van der Waals surface area contributed by atoms with Crippen LogP contribution >= 0.6 is 0 Å². The zero-order valence-corrected chi connectivity index (χ0v) is 21.6. The van der Waals surface area contributed by atoms with Gasteiger partial charge in [0.2, 0.25) is 34.8 Å².